The van der Waals surface area contributed by atoms with Crippen molar-refractivity contribution in [1.29, 1.82) is 0 Å². The van der Waals surface area contributed by atoms with Gasteiger partial charge in [0.1, 0.15) is 11.6 Å². The van der Waals surface area contributed by atoms with E-state index in [4.69, 9.17) is 5.73 Å². The second kappa shape index (κ2) is 5.05. The molecule has 0 atom stereocenters. The van der Waals surface area contributed by atoms with E-state index in [0.29, 0.717) is 12.4 Å². The van der Waals surface area contributed by atoms with Gasteiger partial charge in [-0.05, 0) is 29.8 Å². The quantitative estimate of drug-likeness (QED) is 0.762. The molecule has 5 nitrogen and oxygen atoms in total. The van der Waals surface area contributed by atoms with Gasteiger partial charge >= 0.3 is 0 Å². The molecule has 0 amide bonds. The van der Waals surface area contributed by atoms with Crippen LogP contribution in [-0.4, -0.2) is 19.6 Å². The number of anilines is 1. The number of pyridine rings is 1. The molecule has 3 rings (SSSR count). The van der Waals surface area contributed by atoms with Gasteiger partial charge in [-0.15, -0.1) is 0 Å². The SMILES string of the molecule is Nc1ccc(-c2cncn2Cc2ccc(O)cc2)cn1. The average molecular weight is 266 g/mol. The van der Waals surface area contributed by atoms with Crippen LogP contribution in [0, 0.1) is 0 Å². The highest BCUT2D eigenvalue weighted by atomic mass is 16.3. The van der Waals surface area contributed by atoms with Gasteiger partial charge in [0.25, 0.3) is 0 Å². The standard InChI is InChI=1S/C15H14N4O/c16-15-6-3-12(7-18-15)14-8-17-10-19(14)9-11-1-4-13(20)5-2-11/h1-8,10,20H,9H2,(H2,16,18). The van der Waals surface area contributed by atoms with Crippen LogP contribution in [0.3, 0.4) is 0 Å². The minimum absolute atomic E-state index is 0.266. The number of phenolic OH excluding ortho intramolecular Hbond substituents is 1. The predicted molar refractivity (Wildman–Crippen MR) is 77.1 cm³/mol. The molecular weight excluding hydrogens is 252 g/mol. The van der Waals surface area contributed by atoms with Crippen LogP contribution >= 0.6 is 0 Å². The van der Waals surface area contributed by atoms with E-state index in [9.17, 15) is 5.11 Å². The first kappa shape index (κ1) is 12.2. The van der Waals surface area contributed by atoms with E-state index >= 15 is 0 Å². The van der Waals surface area contributed by atoms with E-state index in [1.807, 2.05) is 22.8 Å². The van der Waals surface area contributed by atoms with E-state index in [0.717, 1.165) is 16.8 Å². The van der Waals surface area contributed by atoms with Gasteiger partial charge in [0.05, 0.1) is 18.2 Å². The lowest BCUT2D eigenvalue weighted by atomic mass is 10.2. The van der Waals surface area contributed by atoms with Crippen molar-refractivity contribution in [2.24, 2.45) is 0 Å². The Balaban J connectivity index is 1.90. The largest absolute Gasteiger partial charge is 0.508 e. The molecule has 2 heterocycles. The molecule has 0 aliphatic heterocycles. The van der Waals surface area contributed by atoms with E-state index < -0.39 is 0 Å². The van der Waals surface area contributed by atoms with Gasteiger partial charge in [-0.1, -0.05) is 12.1 Å². The monoisotopic (exact) mass is 266 g/mol. The molecule has 0 unspecified atom stereocenters. The average Bonchev–Trinajstić information content (AvgIpc) is 2.90. The van der Waals surface area contributed by atoms with Crippen molar-refractivity contribution >= 4 is 5.82 Å². The first-order valence-electron chi connectivity index (χ1n) is 6.22. The fourth-order valence-corrected chi connectivity index (χ4v) is 2.04. The fourth-order valence-electron chi connectivity index (χ4n) is 2.04. The summed E-state index contributed by atoms with van der Waals surface area (Å²) in [7, 11) is 0. The maximum absolute atomic E-state index is 9.30. The van der Waals surface area contributed by atoms with Gasteiger partial charge < -0.3 is 15.4 Å². The van der Waals surface area contributed by atoms with E-state index in [-0.39, 0.29) is 5.75 Å². The van der Waals surface area contributed by atoms with Crippen molar-refractivity contribution in [2.75, 3.05) is 5.73 Å². The van der Waals surface area contributed by atoms with Crippen molar-refractivity contribution in [3.8, 4) is 17.0 Å². The Bertz CT molecular complexity index is 701. The van der Waals surface area contributed by atoms with Crippen LogP contribution in [0.2, 0.25) is 0 Å². The molecule has 0 radical (unpaired) electrons. The summed E-state index contributed by atoms with van der Waals surface area (Å²) >= 11 is 0. The third-order valence-corrected chi connectivity index (χ3v) is 3.08. The van der Waals surface area contributed by atoms with Crippen LogP contribution in [0.15, 0.2) is 55.1 Å². The summed E-state index contributed by atoms with van der Waals surface area (Å²) in [6.07, 6.45) is 5.31. The molecule has 2 aromatic heterocycles. The molecule has 0 aliphatic rings. The van der Waals surface area contributed by atoms with Gasteiger partial charge in [0, 0.05) is 18.3 Å². The third-order valence-electron chi connectivity index (χ3n) is 3.08. The molecule has 0 saturated heterocycles. The number of nitrogen functional groups attached to an aromatic ring is 1. The van der Waals surface area contributed by atoms with Gasteiger partial charge in [0.2, 0.25) is 0 Å². The summed E-state index contributed by atoms with van der Waals surface area (Å²) in [5.41, 5.74) is 8.63. The van der Waals surface area contributed by atoms with Crippen LogP contribution in [0.4, 0.5) is 5.82 Å². The zero-order valence-corrected chi connectivity index (χ0v) is 10.8. The molecule has 3 aromatic rings. The molecule has 0 bridgehead atoms. The Morgan fingerprint density at radius 2 is 1.85 bits per heavy atom. The Morgan fingerprint density at radius 3 is 2.55 bits per heavy atom. The van der Waals surface area contributed by atoms with Gasteiger partial charge in [-0.25, -0.2) is 9.97 Å². The summed E-state index contributed by atoms with van der Waals surface area (Å²) in [6, 6.07) is 10.8. The van der Waals surface area contributed by atoms with Crippen molar-refractivity contribution < 1.29 is 5.11 Å². The molecule has 1 aromatic carbocycles. The number of nitrogens with zero attached hydrogens (tertiary/aromatic N) is 3. The summed E-state index contributed by atoms with van der Waals surface area (Å²) in [4.78, 5) is 8.29. The zero-order valence-electron chi connectivity index (χ0n) is 10.8. The molecule has 0 spiro atoms. The van der Waals surface area contributed by atoms with Crippen LogP contribution in [0.25, 0.3) is 11.3 Å². The molecule has 100 valence electrons. The van der Waals surface area contributed by atoms with E-state index in [1.54, 1.807) is 36.9 Å². The first-order valence-corrected chi connectivity index (χ1v) is 6.22. The third kappa shape index (κ3) is 2.47. The van der Waals surface area contributed by atoms with Gasteiger partial charge in [0.15, 0.2) is 0 Å². The van der Waals surface area contributed by atoms with Crippen molar-refractivity contribution in [1.82, 2.24) is 14.5 Å². The topological polar surface area (TPSA) is 77.0 Å². The highest BCUT2D eigenvalue weighted by molar-refractivity contribution is 5.59. The number of aromatic nitrogens is 3. The number of benzene rings is 1. The van der Waals surface area contributed by atoms with Crippen LogP contribution in [-0.2, 0) is 6.54 Å². The second-order valence-corrected chi connectivity index (χ2v) is 4.54. The number of phenols is 1. The lowest BCUT2D eigenvalue weighted by Gasteiger charge is -2.08. The zero-order chi connectivity index (χ0) is 13.9. The highest BCUT2D eigenvalue weighted by Gasteiger charge is 2.06. The number of rotatable bonds is 3. The van der Waals surface area contributed by atoms with E-state index in [2.05, 4.69) is 9.97 Å². The second-order valence-electron chi connectivity index (χ2n) is 4.54. The van der Waals surface area contributed by atoms with E-state index in [1.165, 1.54) is 0 Å². The number of imidazole rings is 1. The highest BCUT2D eigenvalue weighted by Crippen LogP contribution is 2.20. The molecule has 5 heteroatoms. The number of hydrogen-bond donors (Lipinski definition) is 2. The molecule has 20 heavy (non-hydrogen) atoms. The number of hydrogen-bond acceptors (Lipinski definition) is 4. The Kier molecular flexibility index (Phi) is 3.09. The van der Waals surface area contributed by atoms with Crippen molar-refractivity contribution in [2.45, 2.75) is 6.54 Å². The Hall–Kier alpha value is -2.82. The normalized spacial score (nSPS) is 10.6. The van der Waals surface area contributed by atoms with Crippen molar-refractivity contribution in [3.63, 3.8) is 0 Å². The van der Waals surface area contributed by atoms with Crippen LogP contribution in [0.1, 0.15) is 5.56 Å². The minimum Gasteiger partial charge on any atom is -0.508 e. The maximum Gasteiger partial charge on any atom is 0.123 e. The molecular formula is C15H14N4O. The minimum atomic E-state index is 0.266. The van der Waals surface area contributed by atoms with Crippen LogP contribution in [0.5, 0.6) is 5.75 Å². The molecule has 0 saturated carbocycles. The lowest BCUT2D eigenvalue weighted by Crippen LogP contribution is -2.00. The smallest absolute Gasteiger partial charge is 0.123 e. The number of nitrogens with two attached hydrogens (primary N) is 1. The summed E-state index contributed by atoms with van der Waals surface area (Å²) < 4.78 is 2.03. The lowest BCUT2D eigenvalue weighted by molar-refractivity contribution is 0.475. The fraction of sp³-hybridized carbons (Fsp3) is 0.0667. The molecule has 0 aliphatic carbocycles. The summed E-state index contributed by atoms with van der Waals surface area (Å²) in [5.74, 6) is 0.765. The first-order chi connectivity index (χ1) is 9.72. The number of aromatic hydroxyl groups is 1. The van der Waals surface area contributed by atoms with Crippen LogP contribution < -0.4 is 5.73 Å². The summed E-state index contributed by atoms with van der Waals surface area (Å²) in [6.45, 7) is 0.681. The maximum atomic E-state index is 9.30. The molecule has 3 N–H and O–H groups in total. The van der Waals surface area contributed by atoms with Crippen molar-refractivity contribution in [3.05, 3.63) is 60.7 Å². The van der Waals surface area contributed by atoms with Gasteiger partial charge in [-0.2, -0.15) is 0 Å². The Labute approximate surface area is 116 Å². The summed E-state index contributed by atoms with van der Waals surface area (Å²) in [5, 5.41) is 9.30. The Morgan fingerprint density at radius 1 is 1.05 bits per heavy atom. The molecule has 0 fully saturated rings. The predicted octanol–water partition coefficient (Wildman–Crippen LogP) is 2.28. The van der Waals surface area contributed by atoms with Gasteiger partial charge in [-0.3, -0.25) is 0 Å².